The molecular weight excluding hydrogens is 374 g/mol. The van der Waals surface area contributed by atoms with Crippen molar-refractivity contribution in [3.8, 4) is 11.4 Å². The van der Waals surface area contributed by atoms with Gasteiger partial charge >= 0.3 is 0 Å². The average molecular weight is 392 g/mol. The van der Waals surface area contributed by atoms with E-state index in [-0.39, 0.29) is 17.9 Å². The first-order chi connectivity index (χ1) is 12.3. The van der Waals surface area contributed by atoms with E-state index in [2.05, 4.69) is 14.9 Å². The van der Waals surface area contributed by atoms with Gasteiger partial charge in [0.2, 0.25) is 21.7 Å². The Bertz CT molecular complexity index is 1030. The van der Waals surface area contributed by atoms with E-state index >= 15 is 0 Å². The topological polar surface area (TPSA) is 85.1 Å². The van der Waals surface area contributed by atoms with Gasteiger partial charge in [0.05, 0.1) is 4.90 Å². The van der Waals surface area contributed by atoms with Gasteiger partial charge in [-0.15, -0.1) is 0 Å². The fraction of sp³-hybridized carbons (Fsp3) is 0.222. The molecule has 0 spiro atoms. The third kappa shape index (κ3) is 4.30. The molecule has 1 aromatic heterocycles. The summed E-state index contributed by atoms with van der Waals surface area (Å²) >= 11 is 6.00. The zero-order valence-corrected chi connectivity index (χ0v) is 15.9. The van der Waals surface area contributed by atoms with Crippen molar-refractivity contribution in [2.24, 2.45) is 0 Å². The number of halogens is 1. The molecule has 3 aromatic rings. The molecule has 0 fully saturated rings. The maximum absolute atomic E-state index is 12.3. The maximum Gasteiger partial charge on any atom is 0.240 e. The third-order valence-corrected chi connectivity index (χ3v) is 5.69. The quantitative estimate of drug-likeness (QED) is 0.694. The summed E-state index contributed by atoms with van der Waals surface area (Å²) in [5.41, 5.74) is 2.77. The number of hydrogen-bond acceptors (Lipinski definition) is 5. The van der Waals surface area contributed by atoms with Gasteiger partial charge < -0.3 is 4.52 Å². The summed E-state index contributed by atoms with van der Waals surface area (Å²) in [6.45, 7) is 3.94. The lowest BCUT2D eigenvalue weighted by molar-refractivity contribution is 0.379. The third-order valence-electron chi connectivity index (χ3n) is 3.83. The molecule has 0 saturated carbocycles. The monoisotopic (exact) mass is 391 g/mol. The van der Waals surface area contributed by atoms with E-state index in [0.717, 1.165) is 16.7 Å². The number of nitrogens with zero attached hydrogens (tertiary/aromatic N) is 2. The summed E-state index contributed by atoms with van der Waals surface area (Å²) in [6, 6.07) is 12.4. The van der Waals surface area contributed by atoms with E-state index < -0.39 is 10.0 Å². The van der Waals surface area contributed by atoms with Crippen molar-refractivity contribution in [3.63, 3.8) is 0 Å². The molecule has 3 rings (SSSR count). The van der Waals surface area contributed by atoms with Crippen LogP contribution in [-0.2, 0) is 16.4 Å². The summed E-state index contributed by atoms with van der Waals surface area (Å²) in [5.74, 6) is 0.850. The van der Waals surface area contributed by atoms with Crippen molar-refractivity contribution in [2.45, 2.75) is 25.2 Å². The fourth-order valence-corrected chi connectivity index (χ4v) is 3.68. The van der Waals surface area contributed by atoms with Crippen LogP contribution in [0.2, 0.25) is 5.02 Å². The van der Waals surface area contributed by atoms with E-state index in [1.165, 1.54) is 12.1 Å². The number of nitrogens with one attached hydrogen (secondary N) is 1. The SMILES string of the molecule is Cc1cccc(-c2noc(CCNS(=O)(=O)c3ccc(C)c(Cl)c3)n2)c1. The lowest BCUT2D eigenvalue weighted by Crippen LogP contribution is -2.26. The molecule has 0 aliphatic carbocycles. The minimum Gasteiger partial charge on any atom is -0.339 e. The van der Waals surface area contributed by atoms with Gasteiger partial charge in [-0.3, -0.25) is 0 Å². The van der Waals surface area contributed by atoms with Crippen LogP contribution in [0.5, 0.6) is 0 Å². The van der Waals surface area contributed by atoms with Gasteiger partial charge in [-0.05, 0) is 37.6 Å². The van der Waals surface area contributed by atoms with Crippen LogP contribution in [0.1, 0.15) is 17.0 Å². The van der Waals surface area contributed by atoms with Crippen LogP contribution in [0.3, 0.4) is 0 Å². The second-order valence-electron chi connectivity index (χ2n) is 5.94. The van der Waals surface area contributed by atoms with Crippen molar-refractivity contribution in [1.29, 1.82) is 0 Å². The molecule has 1 heterocycles. The predicted octanol–water partition coefficient (Wildman–Crippen LogP) is 3.53. The summed E-state index contributed by atoms with van der Waals surface area (Å²) in [7, 11) is -3.64. The lowest BCUT2D eigenvalue weighted by Gasteiger charge is -2.07. The Morgan fingerprint density at radius 1 is 1.15 bits per heavy atom. The summed E-state index contributed by atoms with van der Waals surface area (Å²) in [4.78, 5) is 4.43. The number of aryl methyl sites for hydroxylation is 2. The first kappa shape index (κ1) is 18.6. The highest BCUT2D eigenvalue weighted by molar-refractivity contribution is 7.89. The van der Waals surface area contributed by atoms with Gasteiger partial charge in [0, 0.05) is 23.6 Å². The molecule has 0 amide bonds. The Hall–Kier alpha value is -2.22. The van der Waals surface area contributed by atoms with Crippen LogP contribution in [0.4, 0.5) is 0 Å². The smallest absolute Gasteiger partial charge is 0.240 e. The van der Waals surface area contributed by atoms with Crippen molar-refractivity contribution in [1.82, 2.24) is 14.9 Å². The van der Waals surface area contributed by atoms with E-state index in [1.54, 1.807) is 6.07 Å². The first-order valence-corrected chi connectivity index (χ1v) is 9.87. The first-order valence-electron chi connectivity index (χ1n) is 8.00. The second kappa shape index (κ2) is 7.57. The van der Waals surface area contributed by atoms with Gasteiger partial charge in [0.25, 0.3) is 0 Å². The highest BCUT2D eigenvalue weighted by Crippen LogP contribution is 2.20. The van der Waals surface area contributed by atoms with Crippen LogP contribution < -0.4 is 4.72 Å². The molecule has 0 unspecified atom stereocenters. The highest BCUT2D eigenvalue weighted by atomic mass is 35.5. The molecule has 0 saturated heterocycles. The number of hydrogen-bond donors (Lipinski definition) is 1. The highest BCUT2D eigenvalue weighted by Gasteiger charge is 2.16. The molecule has 0 radical (unpaired) electrons. The molecule has 0 aliphatic heterocycles. The Morgan fingerprint density at radius 3 is 2.69 bits per heavy atom. The largest absolute Gasteiger partial charge is 0.339 e. The van der Waals surface area contributed by atoms with E-state index in [9.17, 15) is 8.42 Å². The number of aromatic nitrogens is 2. The van der Waals surface area contributed by atoms with Gasteiger partial charge in [0.15, 0.2) is 0 Å². The standard InChI is InChI=1S/C18H18ClN3O3S/c1-12-4-3-5-14(10-12)18-21-17(25-22-18)8-9-20-26(23,24)15-7-6-13(2)16(19)11-15/h3-7,10-11,20H,8-9H2,1-2H3. The molecule has 8 heteroatoms. The molecule has 6 nitrogen and oxygen atoms in total. The Kier molecular flexibility index (Phi) is 5.41. The van der Waals surface area contributed by atoms with Gasteiger partial charge in [0.1, 0.15) is 0 Å². The predicted molar refractivity (Wildman–Crippen MR) is 99.6 cm³/mol. The van der Waals surface area contributed by atoms with Gasteiger partial charge in [-0.25, -0.2) is 13.1 Å². The van der Waals surface area contributed by atoms with Crippen LogP contribution in [-0.4, -0.2) is 25.1 Å². The summed E-state index contributed by atoms with van der Waals surface area (Å²) in [5, 5.41) is 4.35. The van der Waals surface area contributed by atoms with Crippen LogP contribution in [0.25, 0.3) is 11.4 Å². The number of sulfonamides is 1. The summed E-state index contributed by atoms with van der Waals surface area (Å²) < 4.78 is 32.3. The second-order valence-corrected chi connectivity index (χ2v) is 8.11. The molecule has 136 valence electrons. The van der Waals surface area contributed by atoms with Crippen molar-refractivity contribution < 1.29 is 12.9 Å². The molecule has 26 heavy (non-hydrogen) atoms. The minimum atomic E-state index is -3.64. The van der Waals surface area contributed by atoms with E-state index in [1.807, 2.05) is 38.1 Å². The molecule has 0 aliphatic rings. The van der Waals surface area contributed by atoms with Gasteiger partial charge in [-0.2, -0.15) is 4.98 Å². The van der Waals surface area contributed by atoms with Crippen LogP contribution in [0, 0.1) is 13.8 Å². The van der Waals surface area contributed by atoms with Crippen molar-refractivity contribution in [3.05, 3.63) is 64.5 Å². The molecule has 1 N–H and O–H groups in total. The lowest BCUT2D eigenvalue weighted by atomic mass is 10.1. The van der Waals surface area contributed by atoms with Crippen LogP contribution in [0.15, 0.2) is 51.9 Å². The van der Waals surface area contributed by atoms with Gasteiger partial charge in [-0.1, -0.05) is 46.6 Å². The number of rotatable bonds is 6. The van der Waals surface area contributed by atoms with Crippen molar-refractivity contribution >= 4 is 21.6 Å². The maximum atomic E-state index is 12.3. The normalized spacial score (nSPS) is 11.7. The van der Waals surface area contributed by atoms with E-state index in [4.69, 9.17) is 16.1 Å². The number of benzene rings is 2. The Labute approximate surface area is 157 Å². The molecule has 0 atom stereocenters. The van der Waals surface area contributed by atoms with Crippen molar-refractivity contribution in [2.75, 3.05) is 6.54 Å². The van der Waals surface area contributed by atoms with Crippen LogP contribution >= 0.6 is 11.6 Å². The summed E-state index contributed by atoms with van der Waals surface area (Å²) in [6.07, 6.45) is 0.289. The molecule has 0 bridgehead atoms. The fourth-order valence-electron chi connectivity index (χ4n) is 2.37. The Balaban J connectivity index is 1.64. The molecular formula is C18H18ClN3O3S. The Morgan fingerprint density at radius 2 is 1.96 bits per heavy atom. The zero-order valence-electron chi connectivity index (χ0n) is 14.4. The average Bonchev–Trinajstić information content (AvgIpc) is 3.06. The van der Waals surface area contributed by atoms with E-state index in [0.29, 0.717) is 16.7 Å². The zero-order chi connectivity index (χ0) is 18.7. The molecule has 2 aromatic carbocycles. The minimum absolute atomic E-state index is 0.124.